The van der Waals surface area contributed by atoms with Crippen molar-refractivity contribution in [2.75, 3.05) is 7.11 Å². The zero-order valence-electron chi connectivity index (χ0n) is 15.6. The Balaban J connectivity index is 2.48. The third-order valence-corrected chi connectivity index (χ3v) is 4.18. The van der Waals surface area contributed by atoms with E-state index in [-0.39, 0.29) is 5.97 Å². The molecule has 0 aliphatic heterocycles. The lowest BCUT2D eigenvalue weighted by atomic mass is 9.96. The summed E-state index contributed by atoms with van der Waals surface area (Å²) in [6.07, 6.45) is 9.17. The molecule has 5 nitrogen and oxygen atoms in total. The lowest BCUT2D eigenvalue weighted by molar-refractivity contribution is 0.0601. The minimum absolute atomic E-state index is 0.385. The van der Waals surface area contributed by atoms with Gasteiger partial charge in [0, 0.05) is 0 Å². The van der Waals surface area contributed by atoms with E-state index in [0.717, 1.165) is 12.8 Å². The van der Waals surface area contributed by atoms with Gasteiger partial charge in [-0.2, -0.15) is 15.5 Å². The fourth-order valence-electron chi connectivity index (χ4n) is 2.50. The summed E-state index contributed by atoms with van der Waals surface area (Å²) >= 11 is 0. The number of hydrogen-bond acceptors (Lipinski definition) is 5. The molecule has 1 unspecified atom stereocenters. The van der Waals surface area contributed by atoms with Crippen molar-refractivity contribution in [2.24, 2.45) is 10.2 Å². The van der Waals surface area contributed by atoms with E-state index in [0.29, 0.717) is 17.7 Å². The molecule has 0 fully saturated rings. The van der Waals surface area contributed by atoms with E-state index in [1.807, 2.05) is 6.92 Å². The van der Waals surface area contributed by atoms with Crippen molar-refractivity contribution < 1.29 is 9.53 Å². The van der Waals surface area contributed by atoms with E-state index in [9.17, 15) is 10.1 Å². The summed E-state index contributed by atoms with van der Waals surface area (Å²) in [5.41, 5.74) is 0.283. The molecular weight excluding hydrogens is 314 g/mol. The highest BCUT2D eigenvalue weighted by Crippen LogP contribution is 2.23. The van der Waals surface area contributed by atoms with Gasteiger partial charge in [0.05, 0.1) is 24.4 Å². The molecule has 1 aromatic rings. The van der Waals surface area contributed by atoms with Crippen LogP contribution in [0.15, 0.2) is 34.5 Å². The van der Waals surface area contributed by atoms with Crippen LogP contribution in [0.1, 0.15) is 75.6 Å². The van der Waals surface area contributed by atoms with Crippen molar-refractivity contribution in [1.29, 1.82) is 5.26 Å². The van der Waals surface area contributed by atoms with Gasteiger partial charge in [0.25, 0.3) is 0 Å². The monoisotopic (exact) mass is 343 g/mol. The summed E-state index contributed by atoms with van der Waals surface area (Å²) in [4.78, 5) is 11.4. The Morgan fingerprint density at radius 1 is 1.12 bits per heavy atom. The molecule has 0 spiro atoms. The number of ether oxygens (including phenoxy) is 1. The third kappa shape index (κ3) is 7.93. The first-order valence-electron chi connectivity index (χ1n) is 9.07. The van der Waals surface area contributed by atoms with Crippen LogP contribution in [0.4, 0.5) is 5.69 Å². The standard InChI is InChI=1S/C20H29N3O2/c1-4-5-6-7-8-9-10-15-20(2,16-21)23-22-18-13-11-17(12-14-18)19(24)25-3/h11-14H,4-10,15H2,1-3H3. The molecule has 0 aliphatic carbocycles. The van der Waals surface area contributed by atoms with Gasteiger partial charge in [-0.1, -0.05) is 45.4 Å². The lowest BCUT2D eigenvalue weighted by Crippen LogP contribution is -2.18. The highest BCUT2D eigenvalue weighted by Gasteiger charge is 2.22. The summed E-state index contributed by atoms with van der Waals surface area (Å²) in [7, 11) is 1.35. The molecule has 0 aliphatic rings. The molecule has 1 atom stereocenters. The number of nitrogens with zero attached hydrogens (tertiary/aromatic N) is 3. The van der Waals surface area contributed by atoms with Crippen LogP contribution in [0.3, 0.4) is 0 Å². The average molecular weight is 343 g/mol. The first-order valence-corrected chi connectivity index (χ1v) is 9.07. The number of carbonyl (C=O) groups is 1. The number of methoxy groups -OCH3 is 1. The molecule has 1 aromatic carbocycles. The van der Waals surface area contributed by atoms with Crippen LogP contribution < -0.4 is 0 Å². The van der Waals surface area contributed by atoms with Crippen molar-refractivity contribution >= 4 is 11.7 Å². The number of unbranched alkanes of at least 4 members (excludes halogenated alkanes) is 6. The highest BCUT2D eigenvalue weighted by atomic mass is 16.5. The zero-order valence-corrected chi connectivity index (χ0v) is 15.6. The normalized spacial score (nSPS) is 13.4. The topological polar surface area (TPSA) is 74.8 Å². The quantitative estimate of drug-likeness (QED) is 0.282. The summed E-state index contributed by atoms with van der Waals surface area (Å²) in [6.45, 7) is 4.03. The number of azo groups is 1. The second kappa shape index (κ2) is 11.4. The minimum Gasteiger partial charge on any atom is -0.465 e. The molecule has 1 rings (SSSR count). The maximum atomic E-state index is 11.4. The fraction of sp³-hybridized carbons (Fsp3) is 0.600. The van der Waals surface area contributed by atoms with Gasteiger partial charge in [-0.15, -0.1) is 0 Å². The molecule has 0 bridgehead atoms. The Bertz CT molecular complexity index is 590. The Morgan fingerprint density at radius 3 is 2.28 bits per heavy atom. The Hall–Kier alpha value is -2.22. The number of rotatable bonds is 11. The predicted octanol–water partition coefficient (Wildman–Crippen LogP) is 5.98. The molecule has 0 radical (unpaired) electrons. The fourth-order valence-corrected chi connectivity index (χ4v) is 2.50. The van der Waals surface area contributed by atoms with Crippen LogP contribution in [0.2, 0.25) is 0 Å². The lowest BCUT2D eigenvalue weighted by Gasteiger charge is -2.14. The molecule has 5 heteroatoms. The molecule has 0 aromatic heterocycles. The van der Waals surface area contributed by atoms with Gasteiger partial charge in [0.15, 0.2) is 5.54 Å². The minimum atomic E-state index is -0.801. The van der Waals surface area contributed by atoms with Crippen molar-refractivity contribution in [2.45, 2.75) is 70.8 Å². The summed E-state index contributed by atoms with van der Waals surface area (Å²) < 4.78 is 4.66. The van der Waals surface area contributed by atoms with Crippen molar-refractivity contribution in [3.05, 3.63) is 29.8 Å². The molecule has 0 N–H and O–H groups in total. The molecular formula is C20H29N3O2. The first-order chi connectivity index (χ1) is 12.0. The van der Waals surface area contributed by atoms with Crippen LogP contribution in [0, 0.1) is 11.3 Å². The number of esters is 1. The SMILES string of the molecule is CCCCCCCCCC(C)(C#N)N=Nc1ccc(C(=O)OC)cc1. The van der Waals surface area contributed by atoms with Gasteiger partial charge in [-0.25, -0.2) is 4.79 Å². The van der Waals surface area contributed by atoms with E-state index < -0.39 is 5.54 Å². The number of carbonyl (C=O) groups excluding carboxylic acids is 1. The largest absolute Gasteiger partial charge is 0.465 e. The van der Waals surface area contributed by atoms with E-state index >= 15 is 0 Å². The van der Waals surface area contributed by atoms with Gasteiger partial charge < -0.3 is 4.74 Å². The van der Waals surface area contributed by atoms with E-state index in [1.165, 1.54) is 39.2 Å². The van der Waals surface area contributed by atoms with Crippen LogP contribution in [0.25, 0.3) is 0 Å². The van der Waals surface area contributed by atoms with Crippen molar-refractivity contribution in [1.82, 2.24) is 0 Å². The van der Waals surface area contributed by atoms with E-state index in [2.05, 4.69) is 28.0 Å². The number of benzene rings is 1. The summed E-state index contributed by atoms with van der Waals surface area (Å²) in [5, 5.41) is 17.8. The number of hydrogen-bond donors (Lipinski definition) is 0. The first kappa shape index (κ1) is 20.8. The maximum Gasteiger partial charge on any atom is 0.337 e. The number of nitriles is 1. The van der Waals surface area contributed by atoms with Crippen molar-refractivity contribution in [3.8, 4) is 6.07 Å². The highest BCUT2D eigenvalue weighted by molar-refractivity contribution is 5.89. The smallest absolute Gasteiger partial charge is 0.337 e. The van der Waals surface area contributed by atoms with Crippen LogP contribution >= 0.6 is 0 Å². The van der Waals surface area contributed by atoms with Gasteiger partial charge in [-0.3, -0.25) is 0 Å². The molecule has 25 heavy (non-hydrogen) atoms. The van der Waals surface area contributed by atoms with Gasteiger partial charge in [0.1, 0.15) is 0 Å². The predicted molar refractivity (Wildman–Crippen MR) is 98.9 cm³/mol. The van der Waals surface area contributed by atoms with Gasteiger partial charge in [-0.05, 0) is 44.0 Å². The summed E-state index contributed by atoms with van der Waals surface area (Å²) in [5.74, 6) is -0.385. The summed E-state index contributed by atoms with van der Waals surface area (Å²) in [6, 6.07) is 8.93. The molecule has 0 heterocycles. The van der Waals surface area contributed by atoms with Crippen LogP contribution in [-0.2, 0) is 4.74 Å². The molecule has 136 valence electrons. The second-order valence-corrected chi connectivity index (χ2v) is 6.50. The van der Waals surface area contributed by atoms with Gasteiger partial charge >= 0.3 is 5.97 Å². The Kier molecular flexibility index (Phi) is 9.46. The third-order valence-electron chi connectivity index (χ3n) is 4.18. The van der Waals surface area contributed by atoms with Crippen molar-refractivity contribution in [3.63, 3.8) is 0 Å². The van der Waals surface area contributed by atoms with Crippen LogP contribution in [0.5, 0.6) is 0 Å². The Labute approximate surface area is 151 Å². The van der Waals surface area contributed by atoms with Gasteiger partial charge in [0.2, 0.25) is 0 Å². The zero-order chi connectivity index (χ0) is 18.5. The Morgan fingerprint density at radius 2 is 1.72 bits per heavy atom. The average Bonchev–Trinajstić information content (AvgIpc) is 2.65. The molecule has 0 amide bonds. The molecule has 0 saturated carbocycles. The van der Waals surface area contributed by atoms with Crippen LogP contribution in [-0.4, -0.2) is 18.6 Å². The molecule has 0 saturated heterocycles. The second-order valence-electron chi connectivity index (χ2n) is 6.50. The van der Waals surface area contributed by atoms with E-state index in [4.69, 9.17) is 0 Å². The van der Waals surface area contributed by atoms with E-state index in [1.54, 1.807) is 24.3 Å². The maximum absolute atomic E-state index is 11.4.